The van der Waals surface area contributed by atoms with Crippen molar-refractivity contribution < 1.29 is 0 Å². The molecule has 0 atom stereocenters. The minimum absolute atomic E-state index is 0.610. The van der Waals surface area contributed by atoms with Crippen LogP contribution in [-0.2, 0) is 16.6 Å². The van der Waals surface area contributed by atoms with E-state index >= 15 is 0 Å². The fourth-order valence-electron chi connectivity index (χ4n) is 3.23. The van der Waals surface area contributed by atoms with Gasteiger partial charge in [0, 0.05) is 5.56 Å². The Hall–Kier alpha value is -0.430. The summed E-state index contributed by atoms with van der Waals surface area (Å²) in [6, 6.07) is 11.2. The number of hydrogen-bond donors (Lipinski definition) is 0. The highest BCUT2D eigenvalue weighted by Crippen LogP contribution is 2.16. The largest absolute Gasteiger partial charge is 0.133 e. The van der Waals surface area contributed by atoms with E-state index in [1.165, 1.54) is 94.3 Å². The Kier molecular flexibility index (Phi) is 14.5. The van der Waals surface area contributed by atoms with Gasteiger partial charge in [-0.05, 0) is 36.6 Å². The number of unbranched alkanes of at least 4 members (excludes halogenated alkanes) is 10. The smallest absolute Gasteiger partial charge is 0.0654 e. The first-order chi connectivity index (χ1) is 11.9. The third-order valence-electron chi connectivity index (χ3n) is 4.79. The van der Waals surface area contributed by atoms with Crippen LogP contribution in [0.1, 0.15) is 96.5 Å². The van der Waals surface area contributed by atoms with Crippen LogP contribution < -0.4 is 0 Å². The first-order valence-electron chi connectivity index (χ1n) is 10.5. The summed E-state index contributed by atoms with van der Waals surface area (Å²) >= 11 is 0. The van der Waals surface area contributed by atoms with Crippen molar-refractivity contribution in [3.63, 3.8) is 0 Å². The van der Waals surface area contributed by atoms with Gasteiger partial charge in [0.05, 0.1) is 0 Å². The SMILES string of the molecule is CCCCCCCC[S+](CCCCCCCC)Cc1ccccc1. The molecule has 0 bridgehead atoms. The molecule has 0 saturated carbocycles. The maximum absolute atomic E-state index is 2.32. The molecule has 0 N–H and O–H groups in total. The Balaban J connectivity index is 2.24. The van der Waals surface area contributed by atoms with Gasteiger partial charge in [-0.15, -0.1) is 0 Å². The van der Waals surface area contributed by atoms with E-state index in [4.69, 9.17) is 0 Å². The van der Waals surface area contributed by atoms with E-state index in [9.17, 15) is 0 Å². The third-order valence-corrected chi connectivity index (χ3v) is 7.26. The van der Waals surface area contributed by atoms with Crippen LogP contribution in [0.3, 0.4) is 0 Å². The maximum atomic E-state index is 2.32. The van der Waals surface area contributed by atoms with E-state index in [1.54, 1.807) is 5.56 Å². The van der Waals surface area contributed by atoms with Crippen molar-refractivity contribution >= 4 is 10.9 Å². The zero-order chi connectivity index (χ0) is 17.3. The van der Waals surface area contributed by atoms with E-state index in [1.807, 2.05) is 0 Å². The molecule has 0 saturated heterocycles. The fraction of sp³-hybridized carbons (Fsp3) is 0.739. The van der Waals surface area contributed by atoms with Crippen LogP contribution in [0.25, 0.3) is 0 Å². The number of benzene rings is 1. The lowest BCUT2D eigenvalue weighted by Crippen LogP contribution is -2.15. The van der Waals surface area contributed by atoms with Crippen LogP contribution in [0.2, 0.25) is 0 Å². The predicted octanol–water partition coefficient (Wildman–Crippen LogP) is 7.53. The van der Waals surface area contributed by atoms with Crippen molar-refractivity contribution in [1.82, 2.24) is 0 Å². The van der Waals surface area contributed by atoms with Gasteiger partial charge in [0.2, 0.25) is 0 Å². The molecule has 138 valence electrons. The summed E-state index contributed by atoms with van der Waals surface area (Å²) in [6.07, 6.45) is 17.2. The number of hydrogen-bond acceptors (Lipinski definition) is 0. The highest BCUT2D eigenvalue weighted by molar-refractivity contribution is 7.96. The Morgan fingerprint density at radius 2 is 1.04 bits per heavy atom. The normalized spacial score (nSPS) is 11.3. The van der Waals surface area contributed by atoms with Crippen molar-refractivity contribution in [2.45, 2.75) is 96.7 Å². The molecule has 0 nitrogen and oxygen atoms in total. The minimum atomic E-state index is 0.610. The first-order valence-corrected chi connectivity index (χ1v) is 12.3. The third kappa shape index (κ3) is 12.0. The molecule has 0 spiro atoms. The quantitative estimate of drug-likeness (QED) is 0.214. The summed E-state index contributed by atoms with van der Waals surface area (Å²) in [7, 11) is 0.610. The van der Waals surface area contributed by atoms with Gasteiger partial charge in [-0.2, -0.15) is 0 Å². The lowest BCUT2D eigenvalue weighted by molar-refractivity contribution is 0.622. The molecule has 0 amide bonds. The first kappa shape index (κ1) is 21.6. The van der Waals surface area contributed by atoms with Gasteiger partial charge < -0.3 is 0 Å². The van der Waals surface area contributed by atoms with Crippen LogP contribution in [-0.4, -0.2) is 11.5 Å². The second-order valence-corrected chi connectivity index (χ2v) is 9.52. The van der Waals surface area contributed by atoms with Gasteiger partial charge >= 0.3 is 0 Å². The molecule has 1 aromatic rings. The van der Waals surface area contributed by atoms with Gasteiger partial charge in [0.25, 0.3) is 0 Å². The molecular weight excluding hydrogens is 308 g/mol. The molecule has 0 aliphatic carbocycles. The molecule has 0 radical (unpaired) electrons. The summed E-state index contributed by atoms with van der Waals surface area (Å²) < 4.78 is 0. The van der Waals surface area contributed by atoms with Crippen molar-refractivity contribution in [1.29, 1.82) is 0 Å². The monoisotopic (exact) mass is 349 g/mol. The molecule has 0 aromatic heterocycles. The summed E-state index contributed by atoms with van der Waals surface area (Å²) in [5, 5.41) is 0. The molecular formula is C23H41S+. The average molecular weight is 350 g/mol. The summed E-state index contributed by atoms with van der Waals surface area (Å²) in [4.78, 5) is 0. The van der Waals surface area contributed by atoms with Gasteiger partial charge in [-0.3, -0.25) is 0 Å². The molecule has 1 heteroatoms. The molecule has 1 aromatic carbocycles. The number of rotatable bonds is 16. The predicted molar refractivity (Wildman–Crippen MR) is 114 cm³/mol. The molecule has 0 unspecified atom stereocenters. The highest BCUT2D eigenvalue weighted by Gasteiger charge is 2.17. The maximum Gasteiger partial charge on any atom is 0.133 e. The van der Waals surface area contributed by atoms with Gasteiger partial charge in [-0.1, -0.05) is 95.5 Å². The van der Waals surface area contributed by atoms with E-state index in [0.29, 0.717) is 10.9 Å². The summed E-state index contributed by atoms with van der Waals surface area (Å²) in [5.41, 5.74) is 1.55. The summed E-state index contributed by atoms with van der Waals surface area (Å²) in [5.74, 6) is 4.26. The Labute approximate surface area is 155 Å². The molecule has 1 rings (SSSR count). The van der Waals surface area contributed by atoms with Crippen molar-refractivity contribution in [2.24, 2.45) is 0 Å². The van der Waals surface area contributed by atoms with E-state index in [-0.39, 0.29) is 0 Å². The van der Waals surface area contributed by atoms with Crippen molar-refractivity contribution in [3.8, 4) is 0 Å². The highest BCUT2D eigenvalue weighted by atomic mass is 32.2. The lowest BCUT2D eigenvalue weighted by atomic mass is 10.1. The standard InChI is InChI=1S/C23H41S/c1-3-5-7-9-11-16-20-24(21-17-12-10-8-6-4-2)22-23-18-14-13-15-19-23/h13-15,18-19H,3-12,16-17,20-22H2,1-2H3/q+1. The van der Waals surface area contributed by atoms with Crippen LogP contribution in [0, 0.1) is 0 Å². The molecule has 0 heterocycles. The van der Waals surface area contributed by atoms with Crippen LogP contribution >= 0.6 is 0 Å². The van der Waals surface area contributed by atoms with E-state index in [0.717, 1.165) is 0 Å². The summed E-state index contributed by atoms with van der Waals surface area (Å²) in [6.45, 7) is 4.61. The van der Waals surface area contributed by atoms with Crippen molar-refractivity contribution in [3.05, 3.63) is 35.9 Å². The Morgan fingerprint density at radius 1 is 0.583 bits per heavy atom. The van der Waals surface area contributed by atoms with E-state index < -0.39 is 0 Å². The van der Waals surface area contributed by atoms with Gasteiger partial charge in [-0.25, -0.2) is 0 Å². The van der Waals surface area contributed by atoms with E-state index in [2.05, 4.69) is 44.2 Å². The Morgan fingerprint density at radius 3 is 1.54 bits per heavy atom. The topological polar surface area (TPSA) is 0 Å². The molecule has 0 aliphatic rings. The van der Waals surface area contributed by atoms with Crippen LogP contribution in [0.5, 0.6) is 0 Å². The van der Waals surface area contributed by atoms with Crippen molar-refractivity contribution in [2.75, 3.05) is 11.5 Å². The van der Waals surface area contributed by atoms with Crippen LogP contribution in [0.15, 0.2) is 30.3 Å². The zero-order valence-electron chi connectivity index (χ0n) is 16.4. The second-order valence-electron chi connectivity index (χ2n) is 7.19. The molecule has 0 aliphatic heterocycles. The van der Waals surface area contributed by atoms with Gasteiger partial charge in [0.15, 0.2) is 0 Å². The lowest BCUT2D eigenvalue weighted by Gasteiger charge is -2.10. The molecule has 24 heavy (non-hydrogen) atoms. The fourth-order valence-corrected chi connectivity index (χ4v) is 5.61. The zero-order valence-corrected chi connectivity index (χ0v) is 17.2. The van der Waals surface area contributed by atoms with Crippen LogP contribution in [0.4, 0.5) is 0 Å². The second kappa shape index (κ2) is 16.1. The minimum Gasteiger partial charge on any atom is -0.0654 e. The van der Waals surface area contributed by atoms with Gasteiger partial charge in [0.1, 0.15) is 17.3 Å². The molecule has 0 fully saturated rings. The Bertz CT molecular complexity index is 344. The average Bonchev–Trinajstić information content (AvgIpc) is 2.61.